The van der Waals surface area contributed by atoms with Crippen molar-refractivity contribution in [1.29, 1.82) is 0 Å². The molecule has 0 saturated carbocycles. The normalized spacial score (nSPS) is 20.3. The van der Waals surface area contributed by atoms with Gasteiger partial charge in [-0.3, -0.25) is 14.5 Å². The van der Waals surface area contributed by atoms with E-state index in [9.17, 15) is 24.7 Å². The third kappa shape index (κ3) is 3.52. The fraction of sp³-hybridized carbons (Fsp3) is 0.222. The summed E-state index contributed by atoms with van der Waals surface area (Å²) in [4.78, 5) is 42.3. The standard InChI is InChI=1S/C18H15N9O5S2/c19-18-22-13(24-34-18)10(23-32)14(28)21-11-15(29)27-12(17(30)31)8(7-33-16(11)27)6-25-4-5-26-9(25)2-1-3-20-26/h1-5,11,16H,6-7H2,(H4-,19,21,22,24,28,30,31,32)/t11-,16-/m1/s1. The minimum Gasteiger partial charge on any atom is -0.543 e. The number of carboxylic acid groups (broad SMARTS) is 1. The molecule has 1 fully saturated rings. The molecule has 2 amide bonds. The summed E-state index contributed by atoms with van der Waals surface area (Å²) < 4.78 is 7.27. The molecule has 5 rings (SSSR count). The van der Waals surface area contributed by atoms with Gasteiger partial charge in [0.1, 0.15) is 24.2 Å². The molecule has 5 heterocycles. The van der Waals surface area contributed by atoms with Crippen molar-refractivity contribution in [3.05, 3.63) is 47.8 Å². The molecule has 0 bridgehead atoms. The molecule has 4 N–H and O–H groups in total. The lowest BCUT2D eigenvalue weighted by molar-refractivity contribution is -0.662. The molecule has 0 spiro atoms. The lowest BCUT2D eigenvalue weighted by Gasteiger charge is -2.50. The van der Waals surface area contributed by atoms with E-state index in [1.807, 2.05) is 10.6 Å². The number of carbonyl (C=O) groups excluding carboxylic acids is 3. The number of carbonyl (C=O) groups is 3. The summed E-state index contributed by atoms with van der Waals surface area (Å²) in [7, 11) is 0. The molecule has 2 atom stereocenters. The van der Waals surface area contributed by atoms with Gasteiger partial charge in [-0.2, -0.15) is 9.36 Å². The number of nitrogens with two attached hydrogens (primary N) is 1. The van der Waals surface area contributed by atoms with E-state index in [2.05, 4.69) is 24.9 Å². The van der Waals surface area contributed by atoms with Crippen molar-refractivity contribution in [2.24, 2.45) is 5.16 Å². The Morgan fingerprint density at radius 3 is 2.97 bits per heavy atom. The van der Waals surface area contributed by atoms with E-state index >= 15 is 0 Å². The molecule has 14 nitrogen and oxygen atoms in total. The van der Waals surface area contributed by atoms with Crippen LogP contribution >= 0.6 is 23.3 Å². The van der Waals surface area contributed by atoms with Gasteiger partial charge >= 0.3 is 5.65 Å². The van der Waals surface area contributed by atoms with Crippen LogP contribution in [-0.4, -0.2) is 69.7 Å². The van der Waals surface area contributed by atoms with Crippen molar-refractivity contribution in [3.8, 4) is 0 Å². The van der Waals surface area contributed by atoms with Crippen LogP contribution in [-0.2, 0) is 20.9 Å². The van der Waals surface area contributed by atoms with Crippen LogP contribution in [0.3, 0.4) is 0 Å². The van der Waals surface area contributed by atoms with Crippen molar-refractivity contribution >= 4 is 57.6 Å². The predicted molar refractivity (Wildman–Crippen MR) is 115 cm³/mol. The predicted octanol–water partition coefficient (Wildman–Crippen LogP) is -2.66. The SMILES string of the molecule is Nc1nc(/C(=N\O)C(=O)N[C@@H]2C(=O)N3C(C(=O)[O-])=C(C[n+]4ccn5ncccc54)CS[C@H]23)ns1. The van der Waals surface area contributed by atoms with Gasteiger partial charge in [0.2, 0.25) is 11.5 Å². The zero-order valence-electron chi connectivity index (χ0n) is 17.1. The van der Waals surface area contributed by atoms with Crippen LogP contribution in [0.2, 0.25) is 0 Å². The molecule has 0 radical (unpaired) electrons. The summed E-state index contributed by atoms with van der Waals surface area (Å²) in [5.74, 6) is -2.91. The number of imidazole rings is 1. The number of thioether (sulfide) groups is 1. The molecule has 3 aromatic rings. The smallest absolute Gasteiger partial charge is 0.307 e. The highest BCUT2D eigenvalue weighted by atomic mass is 32.2. The third-order valence-corrected chi connectivity index (χ3v) is 7.18. The number of rotatable bonds is 6. The van der Waals surface area contributed by atoms with E-state index in [1.54, 1.807) is 29.2 Å². The first kappa shape index (κ1) is 21.8. The van der Waals surface area contributed by atoms with E-state index in [0.717, 1.165) is 22.1 Å². The first-order valence-electron chi connectivity index (χ1n) is 9.71. The van der Waals surface area contributed by atoms with Crippen molar-refractivity contribution in [2.75, 3.05) is 11.5 Å². The molecule has 34 heavy (non-hydrogen) atoms. The van der Waals surface area contributed by atoms with Crippen LogP contribution in [0.5, 0.6) is 0 Å². The minimum absolute atomic E-state index is 0.0681. The van der Waals surface area contributed by atoms with Gasteiger partial charge in [0, 0.05) is 28.9 Å². The van der Waals surface area contributed by atoms with E-state index in [1.165, 1.54) is 11.8 Å². The average Bonchev–Trinajstić information content (AvgIpc) is 3.44. The van der Waals surface area contributed by atoms with Gasteiger partial charge in [0.25, 0.3) is 11.8 Å². The van der Waals surface area contributed by atoms with Crippen molar-refractivity contribution < 1.29 is 29.3 Å². The Labute approximate surface area is 198 Å². The maximum Gasteiger partial charge on any atom is 0.307 e. The van der Waals surface area contributed by atoms with E-state index < -0.39 is 34.9 Å². The van der Waals surface area contributed by atoms with Crippen molar-refractivity contribution in [2.45, 2.75) is 18.0 Å². The number of oxime groups is 1. The summed E-state index contributed by atoms with van der Waals surface area (Å²) in [6, 6.07) is 2.56. The number of fused-ring (bicyclic) bond motifs is 2. The Bertz CT molecular complexity index is 1400. The Balaban J connectivity index is 1.37. The molecule has 2 aliphatic heterocycles. The number of β-lactam (4-membered cyclic amide) rings is 1. The number of hydrogen-bond acceptors (Lipinski definition) is 12. The number of amides is 2. The number of nitrogens with one attached hydrogen (secondary N) is 1. The molecule has 0 aliphatic carbocycles. The van der Waals surface area contributed by atoms with Crippen LogP contribution in [0.1, 0.15) is 5.82 Å². The first-order chi connectivity index (χ1) is 16.4. The topological polar surface area (TPSA) is 195 Å². The monoisotopic (exact) mass is 501 g/mol. The van der Waals surface area contributed by atoms with Gasteiger partial charge in [-0.25, -0.2) is 4.57 Å². The van der Waals surface area contributed by atoms with Crippen LogP contribution in [0, 0.1) is 0 Å². The maximum absolute atomic E-state index is 12.9. The summed E-state index contributed by atoms with van der Waals surface area (Å²) in [6.45, 7) is 0.213. The number of anilines is 1. The lowest BCUT2D eigenvalue weighted by Crippen LogP contribution is -2.71. The molecular formula is C18H15N9O5S2. The van der Waals surface area contributed by atoms with Crippen LogP contribution in [0.4, 0.5) is 5.13 Å². The fourth-order valence-corrected chi connectivity index (χ4v) is 5.57. The second-order valence-electron chi connectivity index (χ2n) is 7.26. The maximum atomic E-state index is 12.9. The molecule has 3 aromatic heterocycles. The van der Waals surface area contributed by atoms with Gasteiger partial charge in [0.05, 0.1) is 17.9 Å². The Hall–Kier alpha value is -4.05. The lowest BCUT2D eigenvalue weighted by atomic mass is 10.0. The van der Waals surface area contributed by atoms with Gasteiger partial charge in [0.15, 0.2) is 11.3 Å². The number of aromatic nitrogens is 5. The zero-order valence-corrected chi connectivity index (χ0v) is 18.7. The molecule has 0 aromatic carbocycles. The van der Waals surface area contributed by atoms with Crippen molar-refractivity contribution in [1.82, 2.24) is 29.2 Å². The van der Waals surface area contributed by atoms with E-state index in [4.69, 9.17) is 5.73 Å². The summed E-state index contributed by atoms with van der Waals surface area (Å²) in [6.07, 6.45) is 5.12. The summed E-state index contributed by atoms with van der Waals surface area (Å²) >= 11 is 2.10. The molecule has 16 heteroatoms. The molecule has 1 saturated heterocycles. The molecular weight excluding hydrogens is 486 g/mol. The quantitative estimate of drug-likeness (QED) is 0.105. The average molecular weight is 502 g/mol. The van der Waals surface area contributed by atoms with Crippen LogP contribution < -0.4 is 20.7 Å². The number of nitrogen functional groups attached to an aromatic ring is 1. The Morgan fingerprint density at radius 1 is 1.44 bits per heavy atom. The highest BCUT2D eigenvalue weighted by Gasteiger charge is 2.53. The number of nitrogens with zero attached hydrogens (tertiary/aromatic N) is 7. The van der Waals surface area contributed by atoms with E-state index in [0.29, 0.717) is 11.3 Å². The van der Waals surface area contributed by atoms with Gasteiger partial charge < -0.3 is 26.2 Å². The summed E-state index contributed by atoms with van der Waals surface area (Å²) in [5.41, 5.74) is 5.99. The van der Waals surface area contributed by atoms with Crippen LogP contribution in [0.15, 0.2) is 47.1 Å². The number of carboxylic acids is 1. The number of hydrogen-bond donors (Lipinski definition) is 3. The second kappa shape index (κ2) is 8.38. The Kier molecular flexibility index (Phi) is 5.37. The zero-order chi connectivity index (χ0) is 24.0. The molecule has 0 unspecified atom stereocenters. The highest BCUT2D eigenvalue weighted by Crippen LogP contribution is 2.40. The van der Waals surface area contributed by atoms with Gasteiger partial charge in [-0.05, 0) is 6.07 Å². The minimum atomic E-state index is -1.49. The Morgan fingerprint density at radius 2 is 2.26 bits per heavy atom. The van der Waals surface area contributed by atoms with Gasteiger partial charge in [-0.15, -0.1) is 16.3 Å². The highest BCUT2D eigenvalue weighted by molar-refractivity contribution is 8.00. The second-order valence-corrected chi connectivity index (χ2v) is 9.15. The van der Waals surface area contributed by atoms with E-state index in [-0.39, 0.29) is 23.2 Å². The van der Waals surface area contributed by atoms with Gasteiger partial charge in [-0.1, -0.05) is 10.3 Å². The number of aliphatic carboxylic acids is 1. The largest absolute Gasteiger partial charge is 0.543 e. The molecule has 2 aliphatic rings. The first-order valence-corrected chi connectivity index (χ1v) is 11.5. The summed E-state index contributed by atoms with van der Waals surface area (Å²) in [5, 5.41) is 30.2. The van der Waals surface area contributed by atoms with Crippen LogP contribution in [0.25, 0.3) is 5.65 Å². The van der Waals surface area contributed by atoms with Crippen molar-refractivity contribution in [3.63, 3.8) is 0 Å². The molecule has 174 valence electrons. The fourth-order valence-electron chi connectivity index (χ4n) is 3.80. The third-order valence-electron chi connectivity index (χ3n) is 5.30.